The van der Waals surface area contributed by atoms with Gasteiger partial charge < -0.3 is 14.6 Å². The second kappa shape index (κ2) is 9.25. The average molecular weight is 336 g/mol. The van der Waals surface area contributed by atoms with Crippen LogP contribution in [-0.2, 0) is 6.54 Å². The summed E-state index contributed by atoms with van der Waals surface area (Å²) in [6.45, 7) is 9.82. The Balaban J connectivity index is 2.03. The van der Waals surface area contributed by atoms with Crippen molar-refractivity contribution in [2.75, 3.05) is 47.0 Å². The summed E-state index contributed by atoms with van der Waals surface area (Å²) in [6.07, 6.45) is 0.836. The highest BCUT2D eigenvalue weighted by atomic mass is 16.5. The Labute approximate surface area is 146 Å². The molecule has 1 saturated heterocycles. The SMILES string of the molecule is COc1ccc(CN2CCN(CC(C)C)[C@H](CCO)C2)c(OC)c1. The maximum absolute atomic E-state index is 9.41. The van der Waals surface area contributed by atoms with Crippen molar-refractivity contribution >= 4 is 0 Å². The van der Waals surface area contributed by atoms with Crippen molar-refractivity contribution in [1.29, 1.82) is 0 Å². The van der Waals surface area contributed by atoms with Crippen molar-refractivity contribution < 1.29 is 14.6 Å². The van der Waals surface area contributed by atoms with Gasteiger partial charge in [0.05, 0.1) is 14.2 Å². The lowest BCUT2D eigenvalue weighted by Gasteiger charge is -2.42. The first-order valence-electron chi connectivity index (χ1n) is 8.85. The number of nitrogens with zero attached hydrogens (tertiary/aromatic N) is 2. The Morgan fingerprint density at radius 1 is 1.21 bits per heavy atom. The first-order chi connectivity index (χ1) is 11.6. The lowest BCUT2D eigenvalue weighted by Crippen LogP contribution is -2.53. The van der Waals surface area contributed by atoms with Gasteiger partial charge in [-0.15, -0.1) is 0 Å². The van der Waals surface area contributed by atoms with Gasteiger partial charge in [-0.1, -0.05) is 19.9 Å². The predicted molar refractivity (Wildman–Crippen MR) is 96.7 cm³/mol. The summed E-state index contributed by atoms with van der Waals surface area (Å²) in [6, 6.07) is 6.43. The molecule has 1 heterocycles. The topological polar surface area (TPSA) is 45.2 Å². The molecule has 24 heavy (non-hydrogen) atoms. The van der Waals surface area contributed by atoms with E-state index in [0.29, 0.717) is 12.0 Å². The van der Waals surface area contributed by atoms with Crippen LogP contribution in [0.3, 0.4) is 0 Å². The highest BCUT2D eigenvalue weighted by Gasteiger charge is 2.27. The van der Waals surface area contributed by atoms with Gasteiger partial charge in [-0.3, -0.25) is 9.80 Å². The van der Waals surface area contributed by atoms with Crippen LogP contribution in [0.15, 0.2) is 18.2 Å². The van der Waals surface area contributed by atoms with Crippen LogP contribution in [0.5, 0.6) is 11.5 Å². The van der Waals surface area contributed by atoms with Gasteiger partial charge in [0.2, 0.25) is 0 Å². The summed E-state index contributed by atoms with van der Waals surface area (Å²) < 4.78 is 10.8. The molecule has 0 aromatic heterocycles. The van der Waals surface area contributed by atoms with E-state index >= 15 is 0 Å². The molecule has 2 rings (SSSR count). The zero-order valence-corrected chi connectivity index (χ0v) is 15.5. The molecule has 5 heteroatoms. The molecule has 1 fully saturated rings. The number of hydrogen-bond donors (Lipinski definition) is 1. The number of aliphatic hydroxyl groups is 1. The van der Waals surface area contributed by atoms with Gasteiger partial charge in [0.25, 0.3) is 0 Å². The molecule has 1 N–H and O–H groups in total. The molecule has 5 nitrogen and oxygen atoms in total. The van der Waals surface area contributed by atoms with Crippen molar-refractivity contribution in [2.24, 2.45) is 5.92 Å². The van der Waals surface area contributed by atoms with Gasteiger partial charge in [0.1, 0.15) is 11.5 Å². The summed E-state index contributed by atoms with van der Waals surface area (Å²) in [5.74, 6) is 2.34. The molecule has 0 amide bonds. The third-order valence-electron chi connectivity index (χ3n) is 4.64. The Bertz CT molecular complexity index is 507. The number of piperazine rings is 1. The van der Waals surface area contributed by atoms with E-state index in [0.717, 1.165) is 50.6 Å². The van der Waals surface area contributed by atoms with Crippen molar-refractivity contribution in [2.45, 2.75) is 32.9 Å². The fraction of sp³-hybridized carbons (Fsp3) is 0.684. The zero-order chi connectivity index (χ0) is 17.5. The Morgan fingerprint density at radius 3 is 2.62 bits per heavy atom. The Morgan fingerprint density at radius 2 is 2.00 bits per heavy atom. The second-order valence-electron chi connectivity index (χ2n) is 6.97. The molecule has 1 aliphatic heterocycles. The van der Waals surface area contributed by atoms with Crippen LogP contribution in [-0.4, -0.2) is 68.0 Å². The molecule has 136 valence electrons. The minimum Gasteiger partial charge on any atom is -0.497 e. The lowest BCUT2D eigenvalue weighted by molar-refractivity contribution is 0.0473. The summed E-state index contributed by atoms with van der Waals surface area (Å²) in [7, 11) is 3.37. The number of benzene rings is 1. The fourth-order valence-corrected chi connectivity index (χ4v) is 3.46. The molecule has 0 saturated carbocycles. The monoisotopic (exact) mass is 336 g/mol. The molecule has 0 unspecified atom stereocenters. The smallest absolute Gasteiger partial charge is 0.127 e. The van der Waals surface area contributed by atoms with E-state index in [2.05, 4.69) is 29.7 Å². The molecule has 1 atom stereocenters. The first-order valence-corrected chi connectivity index (χ1v) is 8.85. The molecular weight excluding hydrogens is 304 g/mol. The average Bonchev–Trinajstić information content (AvgIpc) is 2.57. The molecule has 0 bridgehead atoms. The van der Waals surface area contributed by atoms with Crippen LogP contribution in [0.1, 0.15) is 25.8 Å². The fourth-order valence-electron chi connectivity index (χ4n) is 3.46. The van der Waals surface area contributed by atoms with E-state index in [1.807, 2.05) is 12.1 Å². The van der Waals surface area contributed by atoms with E-state index in [4.69, 9.17) is 9.47 Å². The van der Waals surface area contributed by atoms with Gasteiger partial charge in [-0.25, -0.2) is 0 Å². The zero-order valence-electron chi connectivity index (χ0n) is 15.5. The number of rotatable bonds is 8. The molecule has 0 spiro atoms. The third-order valence-corrected chi connectivity index (χ3v) is 4.64. The summed E-state index contributed by atoms with van der Waals surface area (Å²) in [5.41, 5.74) is 1.18. The highest BCUT2D eigenvalue weighted by Crippen LogP contribution is 2.27. The van der Waals surface area contributed by atoms with Crippen molar-refractivity contribution in [3.05, 3.63) is 23.8 Å². The van der Waals surface area contributed by atoms with Gasteiger partial charge in [0.15, 0.2) is 0 Å². The number of ether oxygens (including phenoxy) is 2. The third kappa shape index (κ3) is 5.10. The van der Waals surface area contributed by atoms with Crippen LogP contribution >= 0.6 is 0 Å². The van der Waals surface area contributed by atoms with Crippen LogP contribution in [0.2, 0.25) is 0 Å². The molecule has 1 aromatic rings. The van der Waals surface area contributed by atoms with E-state index in [1.54, 1.807) is 14.2 Å². The molecule has 1 aliphatic rings. The maximum atomic E-state index is 9.41. The molecular formula is C19H32N2O3. The van der Waals surface area contributed by atoms with Gasteiger partial charge >= 0.3 is 0 Å². The second-order valence-corrected chi connectivity index (χ2v) is 6.97. The van der Waals surface area contributed by atoms with Gasteiger partial charge in [-0.2, -0.15) is 0 Å². The lowest BCUT2D eigenvalue weighted by atomic mass is 10.0. The molecule has 0 aliphatic carbocycles. The summed E-state index contributed by atoms with van der Waals surface area (Å²) in [4.78, 5) is 4.99. The maximum Gasteiger partial charge on any atom is 0.127 e. The first kappa shape index (κ1) is 19.0. The van der Waals surface area contributed by atoms with Crippen LogP contribution in [0.25, 0.3) is 0 Å². The Hall–Kier alpha value is -1.30. The van der Waals surface area contributed by atoms with Gasteiger partial charge in [-0.05, 0) is 18.4 Å². The van der Waals surface area contributed by atoms with Crippen molar-refractivity contribution in [3.63, 3.8) is 0 Å². The molecule has 0 radical (unpaired) electrons. The Kier molecular flexibility index (Phi) is 7.34. The van der Waals surface area contributed by atoms with E-state index < -0.39 is 0 Å². The van der Waals surface area contributed by atoms with Crippen LogP contribution in [0, 0.1) is 5.92 Å². The van der Waals surface area contributed by atoms with Crippen LogP contribution in [0.4, 0.5) is 0 Å². The quantitative estimate of drug-likeness (QED) is 0.789. The minimum absolute atomic E-state index is 0.249. The van der Waals surface area contributed by atoms with Crippen LogP contribution < -0.4 is 9.47 Å². The van der Waals surface area contributed by atoms with E-state index in [1.165, 1.54) is 5.56 Å². The number of methoxy groups -OCH3 is 2. The number of aliphatic hydroxyl groups excluding tert-OH is 1. The largest absolute Gasteiger partial charge is 0.497 e. The van der Waals surface area contributed by atoms with Gasteiger partial charge in [0, 0.05) is 57.0 Å². The standard InChI is InChI=1S/C19H32N2O3/c1-15(2)12-21-9-8-20(14-17(21)7-10-22)13-16-5-6-18(23-3)11-19(16)24-4/h5-6,11,15,17,22H,7-10,12-14H2,1-4H3/t17-/m1/s1. The summed E-state index contributed by atoms with van der Waals surface area (Å²) in [5, 5.41) is 9.41. The van der Waals surface area contributed by atoms with Crippen molar-refractivity contribution in [3.8, 4) is 11.5 Å². The summed E-state index contributed by atoms with van der Waals surface area (Å²) >= 11 is 0. The highest BCUT2D eigenvalue weighted by molar-refractivity contribution is 5.40. The van der Waals surface area contributed by atoms with E-state index in [9.17, 15) is 5.11 Å². The molecule has 1 aromatic carbocycles. The predicted octanol–water partition coefficient (Wildman–Crippen LogP) is 2.23. The number of hydrogen-bond acceptors (Lipinski definition) is 5. The van der Waals surface area contributed by atoms with E-state index in [-0.39, 0.29) is 6.61 Å². The van der Waals surface area contributed by atoms with Crippen molar-refractivity contribution in [1.82, 2.24) is 9.80 Å². The minimum atomic E-state index is 0.249. The normalized spacial score (nSPS) is 19.7.